The van der Waals surface area contributed by atoms with Crippen LogP contribution in [0.3, 0.4) is 0 Å². The topological polar surface area (TPSA) is 67.7 Å². The molecule has 1 aromatic rings. The van der Waals surface area contributed by atoms with Crippen LogP contribution in [0.4, 0.5) is 0 Å². The summed E-state index contributed by atoms with van der Waals surface area (Å²) in [6.07, 6.45) is 2.97. The third-order valence-corrected chi connectivity index (χ3v) is 3.30. The molecule has 1 aliphatic heterocycles. The largest absolute Gasteiger partial charge is 0.462 e. The van der Waals surface area contributed by atoms with E-state index in [2.05, 4.69) is 10.00 Å². The predicted octanol–water partition coefficient (Wildman–Crippen LogP) is -0.166. The molecule has 0 aromatic carbocycles. The van der Waals surface area contributed by atoms with Gasteiger partial charge >= 0.3 is 5.97 Å². The zero-order valence-electron chi connectivity index (χ0n) is 11.9. The van der Waals surface area contributed by atoms with Gasteiger partial charge in [-0.3, -0.25) is 9.48 Å². The number of likely N-dealkylation sites (N-methyl/N-ethyl adjacent to an activating group) is 1. The summed E-state index contributed by atoms with van der Waals surface area (Å²) in [6.45, 7) is 5.48. The standard InChI is InChI=1S/C13H20N4O3/c1-3-20-13(19)11-8-14-17(9-11)10-12(18)16-6-4-15(2)5-7-16/h8-9H,3-7,10H2,1-2H3. The van der Waals surface area contributed by atoms with Gasteiger partial charge in [0.05, 0.1) is 18.4 Å². The number of nitrogens with zero attached hydrogens (tertiary/aromatic N) is 4. The molecule has 0 N–H and O–H groups in total. The number of piperazine rings is 1. The van der Waals surface area contributed by atoms with E-state index in [0.717, 1.165) is 26.2 Å². The number of hydrogen-bond acceptors (Lipinski definition) is 5. The molecule has 0 unspecified atom stereocenters. The molecule has 0 atom stereocenters. The van der Waals surface area contributed by atoms with E-state index in [0.29, 0.717) is 12.2 Å². The van der Waals surface area contributed by atoms with Gasteiger partial charge in [0.1, 0.15) is 6.54 Å². The minimum absolute atomic E-state index is 0.0246. The van der Waals surface area contributed by atoms with Crippen molar-refractivity contribution in [3.63, 3.8) is 0 Å². The maximum Gasteiger partial charge on any atom is 0.341 e. The van der Waals surface area contributed by atoms with Crippen LogP contribution < -0.4 is 0 Å². The lowest BCUT2D eigenvalue weighted by molar-refractivity contribution is -0.133. The third-order valence-electron chi connectivity index (χ3n) is 3.30. The van der Waals surface area contributed by atoms with Gasteiger partial charge in [-0.25, -0.2) is 4.79 Å². The first-order valence-electron chi connectivity index (χ1n) is 6.76. The second-order valence-corrected chi connectivity index (χ2v) is 4.83. The number of ether oxygens (including phenoxy) is 1. The highest BCUT2D eigenvalue weighted by atomic mass is 16.5. The highest BCUT2D eigenvalue weighted by molar-refractivity contribution is 5.88. The molecular formula is C13H20N4O3. The smallest absolute Gasteiger partial charge is 0.341 e. The Morgan fingerprint density at radius 1 is 1.30 bits per heavy atom. The van der Waals surface area contributed by atoms with Crippen molar-refractivity contribution in [3.05, 3.63) is 18.0 Å². The molecule has 7 heteroatoms. The van der Waals surface area contributed by atoms with E-state index in [1.807, 2.05) is 11.9 Å². The van der Waals surface area contributed by atoms with Gasteiger partial charge in [-0.15, -0.1) is 0 Å². The van der Waals surface area contributed by atoms with Crippen molar-refractivity contribution in [1.82, 2.24) is 19.6 Å². The van der Waals surface area contributed by atoms with Crippen LogP contribution in [0, 0.1) is 0 Å². The molecule has 7 nitrogen and oxygen atoms in total. The average Bonchev–Trinajstić information content (AvgIpc) is 2.88. The molecule has 0 radical (unpaired) electrons. The van der Waals surface area contributed by atoms with Crippen LogP contribution in [-0.4, -0.2) is 71.3 Å². The van der Waals surface area contributed by atoms with E-state index in [1.165, 1.54) is 10.9 Å². The quantitative estimate of drug-likeness (QED) is 0.717. The SMILES string of the molecule is CCOC(=O)c1cnn(CC(=O)N2CCN(C)CC2)c1. The summed E-state index contributed by atoms with van der Waals surface area (Å²) in [7, 11) is 2.04. The zero-order valence-corrected chi connectivity index (χ0v) is 11.9. The number of aromatic nitrogens is 2. The van der Waals surface area contributed by atoms with E-state index in [-0.39, 0.29) is 12.5 Å². The van der Waals surface area contributed by atoms with Crippen molar-refractivity contribution in [3.8, 4) is 0 Å². The highest BCUT2D eigenvalue weighted by Crippen LogP contribution is 2.04. The maximum absolute atomic E-state index is 12.1. The fourth-order valence-electron chi connectivity index (χ4n) is 2.06. The van der Waals surface area contributed by atoms with Crippen molar-refractivity contribution in [2.24, 2.45) is 0 Å². The zero-order chi connectivity index (χ0) is 14.5. The fourth-order valence-corrected chi connectivity index (χ4v) is 2.06. The van der Waals surface area contributed by atoms with Crippen LogP contribution in [-0.2, 0) is 16.1 Å². The first-order chi connectivity index (χ1) is 9.60. The molecule has 1 saturated heterocycles. The Bertz CT molecular complexity index is 478. The van der Waals surface area contributed by atoms with Crippen molar-refractivity contribution < 1.29 is 14.3 Å². The number of esters is 1. The molecule has 1 aromatic heterocycles. The Morgan fingerprint density at radius 2 is 2.00 bits per heavy atom. The third kappa shape index (κ3) is 3.57. The van der Waals surface area contributed by atoms with Crippen molar-refractivity contribution in [2.45, 2.75) is 13.5 Å². The van der Waals surface area contributed by atoms with Crippen LogP contribution in [0.25, 0.3) is 0 Å². The second kappa shape index (κ2) is 6.51. The van der Waals surface area contributed by atoms with Gasteiger partial charge in [0.25, 0.3) is 0 Å². The molecule has 0 bridgehead atoms. The van der Waals surface area contributed by atoms with Crippen molar-refractivity contribution in [2.75, 3.05) is 39.8 Å². The summed E-state index contributed by atoms with van der Waals surface area (Å²) in [5.74, 6) is -0.387. The van der Waals surface area contributed by atoms with E-state index in [1.54, 1.807) is 13.1 Å². The van der Waals surface area contributed by atoms with E-state index in [4.69, 9.17) is 4.74 Å². The van der Waals surface area contributed by atoms with E-state index < -0.39 is 5.97 Å². The highest BCUT2D eigenvalue weighted by Gasteiger charge is 2.20. The van der Waals surface area contributed by atoms with Gasteiger partial charge in [0, 0.05) is 32.4 Å². The van der Waals surface area contributed by atoms with Gasteiger partial charge in [-0.2, -0.15) is 5.10 Å². The molecule has 2 rings (SSSR count). The summed E-state index contributed by atoms with van der Waals surface area (Å²) in [5.41, 5.74) is 0.373. The van der Waals surface area contributed by atoms with Gasteiger partial charge in [0.2, 0.25) is 5.91 Å². The van der Waals surface area contributed by atoms with E-state index >= 15 is 0 Å². The molecule has 110 valence electrons. The Hall–Kier alpha value is -1.89. The first-order valence-corrected chi connectivity index (χ1v) is 6.76. The monoisotopic (exact) mass is 280 g/mol. The van der Waals surface area contributed by atoms with Crippen LogP contribution in [0.15, 0.2) is 12.4 Å². The Morgan fingerprint density at radius 3 is 2.65 bits per heavy atom. The predicted molar refractivity (Wildman–Crippen MR) is 72.3 cm³/mol. The fraction of sp³-hybridized carbons (Fsp3) is 0.615. The Kier molecular flexibility index (Phi) is 4.73. The number of hydrogen-bond donors (Lipinski definition) is 0. The molecule has 0 spiro atoms. The molecule has 1 aliphatic rings. The summed E-state index contributed by atoms with van der Waals surface area (Å²) >= 11 is 0. The molecule has 1 amide bonds. The Labute approximate surface area is 118 Å². The minimum Gasteiger partial charge on any atom is -0.462 e. The van der Waals surface area contributed by atoms with Gasteiger partial charge in [0.15, 0.2) is 0 Å². The van der Waals surface area contributed by atoms with Crippen molar-refractivity contribution >= 4 is 11.9 Å². The summed E-state index contributed by atoms with van der Waals surface area (Å²) in [5, 5.41) is 4.03. The van der Waals surface area contributed by atoms with Crippen LogP contribution in [0.5, 0.6) is 0 Å². The maximum atomic E-state index is 12.1. The lowest BCUT2D eigenvalue weighted by Gasteiger charge is -2.32. The first kappa shape index (κ1) is 14.5. The van der Waals surface area contributed by atoms with E-state index in [9.17, 15) is 9.59 Å². The summed E-state index contributed by atoms with van der Waals surface area (Å²) in [6, 6.07) is 0. The van der Waals surface area contributed by atoms with Crippen LogP contribution in [0.1, 0.15) is 17.3 Å². The number of carbonyl (C=O) groups is 2. The second-order valence-electron chi connectivity index (χ2n) is 4.83. The number of amides is 1. The van der Waals surface area contributed by atoms with Crippen LogP contribution >= 0.6 is 0 Å². The minimum atomic E-state index is -0.411. The normalized spacial score (nSPS) is 16.2. The average molecular weight is 280 g/mol. The molecular weight excluding hydrogens is 260 g/mol. The van der Waals surface area contributed by atoms with Gasteiger partial charge in [-0.1, -0.05) is 0 Å². The van der Waals surface area contributed by atoms with Crippen molar-refractivity contribution in [1.29, 1.82) is 0 Å². The molecule has 0 aliphatic carbocycles. The van der Waals surface area contributed by atoms with Crippen LogP contribution in [0.2, 0.25) is 0 Å². The number of rotatable bonds is 4. The molecule has 2 heterocycles. The molecule has 0 saturated carbocycles. The van der Waals surface area contributed by atoms with Gasteiger partial charge < -0.3 is 14.5 Å². The lowest BCUT2D eigenvalue weighted by Crippen LogP contribution is -2.48. The number of carbonyl (C=O) groups excluding carboxylic acids is 2. The van der Waals surface area contributed by atoms with Gasteiger partial charge in [-0.05, 0) is 14.0 Å². The summed E-state index contributed by atoms with van der Waals surface area (Å²) < 4.78 is 6.36. The molecule has 1 fully saturated rings. The Balaban J connectivity index is 1.90. The summed E-state index contributed by atoms with van der Waals surface area (Å²) in [4.78, 5) is 27.6. The molecule has 20 heavy (non-hydrogen) atoms. The lowest BCUT2D eigenvalue weighted by atomic mass is 10.3.